The molecule has 1 aromatic rings. The average molecular weight is 308 g/mol. The summed E-state index contributed by atoms with van der Waals surface area (Å²) in [6.07, 6.45) is 2.83. The lowest BCUT2D eigenvalue weighted by Gasteiger charge is -2.29. The van der Waals surface area contributed by atoms with Crippen molar-refractivity contribution >= 4 is 17.4 Å². The predicted molar refractivity (Wildman–Crippen MR) is 86.5 cm³/mol. The Labute approximate surface area is 130 Å². The Morgan fingerprint density at radius 2 is 2.24 bits per heavy atom. The molecule has 1 aromatic heterocycles. The van der Waals surface area contributed by atoms with Crippen LogP contribution in [0.15, 0.2) is 29.2 Å². The summed E-state index contributed by atoms with van der Waals surface area (Å²) < 4.78 is 5.39. The predicted octanol–water partition coefficient (Wildman–Crippen LogP) is 3.40. The van der Waals surface area contributed by atoms with Gasteiger partial charge in [-0.15, -0.1) is 11.3 Å². The molecule has 0 saturated carbocycles. The summed E-state index contributed by atoms with van der Waals surface area (Å²) >= 11 is 1.77. The topological polar surface area (TPSA) is 41.6 Å². The standard InChI is InChI=1S/C16H24N2O2S/c1-16(2,3)20-15(19)18-8-6-13(7-9-18)11-17-12-14-5-4-10-21-14/h4-6,10,17H,7-9,11-12H2,1-3H3. The van der Waals surface area contributed by atoms with E-state index in [1.165, 1.54) is 10.5 Å². The Balaban J connectivity index is 1.73. The Morgan fingerprint density at radius 1 is 1.43 bits per heavy atom. The molecule has 0 radical (unpaired) electrons. The molecule has 1 aliphatic rings. The van der Waals surface area contributed by atoms with Crippen molar-refractivity contribution in [3.05, 3.63) is 34.0 Å². The molecule has 5 heteroatoms. The molecule has 21 heavy (non-hydrogen) atoms. The SMILES string of the molecule is CC(C)(C)OC(=O)N1CC=C(CNCc2cccs2)CC1. The number of ether oxygens (including phenoxy) is 1. The summed E-state index contributed by atoms with van der Waals surface area (Å²) in [4.78, 5) is 15.1. The van der Waals surface area contributed by atoms with Gasteiger partial charge in [0.2, 0.25) is 0 Å². The van der Waals surface area contributed by atoms with Gasteiger partial charge < -0.3 is 15.0 Å². The maximum Gasteiger partial charge on any atom is 0.410 e. The first-order valence-electron chi connectivity index (χ1n) is 7.33. The minimum atomic E-state index is -0.427. The van der Waals surface area contributed by atoms with Gasteiger partial charge in [0.1, 0.15) is 5.60 Å². The van der Waals surface area contributed by atoms with Crippen LogP contribution in [0.5, 0.6) is 0 Å². The molecular weight excluding hydrogens is 284 g/mol. The first kappa shape index (κ1) is 16.0. The average Bonchev–Trinajstić information content (AvgIpc) is 2.91. The lowest BCUT2D eigenvalue weighted by Crippen LogP contribution is -2.39. The lowest BCUT2D eigenvalue weighted by molar-refractivity contribution is 0.0265. The molecule has 4 nitrogen and oxygen atoms in total. The van der Waals surface area contributed by atoms with E-state index >= 15 is 0 Å². The van der Waals surface area contributed by atoms with E-state index in [-0.39, 0.29) is 6.09 Å². The fourth-order valence-corrected chi connectivity index (χ4v) is 2.80. The molecular formula is C16H24N2O2S. The molecule has 0 bridgehead atoms. The van der Waals surface area contributed by atoms with Crippen LogP contribution >= 0.6 is 11.3 Å². The number of rotatable bonds is 4. The maximum absolute atomic E-state index is 12.0. The van der Waals surface area contributed by atoms with Gasteiger partial charge in [0.05, 0.1) is 0 Å². The van der Waals surface area contributed by atoms with Crippen LogP contribution in [0.3, 0.4) is 0 Å². The molecule has 116 valence electrons. The van der Waals surface area contributed by atoms with Crippen molar-refractivity contribution in [1.29, 1.82) is 0 Å². The van der Waals surface area contributed by atoms with E-state index in [9.17, 15) is 4.79 Å². The number of nitrogens with zero attached hydrogens (tertiary/aromatic N) is 1. The van der Waals surface area contributed by atoms with Crippen LogP contribution in [-0.4, -0.2) is 36.2 Å². The summed E-state index contributed by atoms with van der Waals surface area (Å²) in [5.41, 5.74) is 0.940. The molecule has 1 N–H and O–H groups in total. The number of amides is 1. The third kappa shape index (κ3) is 5.52. The first-order valence-corrected chi connectivity index (χ1v) is 8.21. The molecule has 0 fully saturated rings. The maximum atomic E-state index is 12.0. The summed E-state index contributed by atoms with van der Waals surface area (Å²) in [5, 5.41) is 5.54. The van der Waals surface area contributed by atoms with Crippen LogP contribution in [0.4, 0.5) is 4.79 Å². The van der Waals surface area contributed by atoms with E-state index < -0.39 is 5.60 Å². The molecule has 2 rings (SSSR count). The van der Waals surface area contributed by atoms with E-state index in [0.29, 0.717) is 6.54 Å². The number of hydrogen-bond acceptors (Lipinski definition) is 4. The van der Waals surface area contributed by atoms with Crippen LogP contribution in [0.25, 0.3) is 0 Å². The number of nitrogens with one attached hydrogen (secondary N) is 1. The van der Waals surface area contributed by atoms with Crippen molar-refractivity contribution in [2.75, 3.05) is 19.6 Å². The molecule has 0 unspecified atom stereocenters. The van der Waals surface area contributed by atoms with Crippen molar-refractivity contribution in [1.82, 2.24) is 10.2 Å². The zero-order chi connectivity index (χ0) is 15.3. The minimum Gasteiger partial charge on any atom is -0.444 e. The van der Waals surface area contributed by atoms with Crippen molar-refractivity contribution in [2.24, 2.45) is 0 Å². The van der Waals surface area contributed by atoms with Gasteiger partial charge in [-0.1, -0.05) is 17.7 Å². The molecule has 2 heterocycles. The van der Waals surface area contributed by atoms with E-state index in [1.54, 1.807) is 16.2 Å². The highest BCUT2D eigenvalue weighted by Crippen LogP contribution is 2.15. The Kier molecular flexibility index (Phi) is 5.42. The van der Waals surface area contributed by atoms with Crippen molar-refractivity contribution in [3.8, 4) is 0 Å². The van der Waals surface area contributed by atoms with E-state index in [4.69, 9.17) is 4.74 Å². The summed E-state index contributed by atoms with van der Waals surface area (Å²) in [6, 6.07) is 4.21. The third-order valence-electron chi connectivity index (χ3n) is 3.19. The van der Waals surface area contributed by atoms with Gasteiger partial charge in [-0.2, -0.15) is 0 Å². The summed E-state index contributed by atoms with van der Waals surface area (Å²) in [7, 11) is 0. The van der Waals surface area contributed by atoms with Gasteiger partial charge in [0, 0.05) is 31.1 Å². The quantitative estimate of drug-likeness (QED) is 0.867. The normalized spacial score (nSPS) is 15.8. The second kappa shape index (κ2) is 7.09. The zero-order valence-electron chi connectivity index (χ0n) is 13.0. The van der Waals surface area contributed by atoms with Gasteiger partial charge in [-0.05, 0) is 38.6 Å². The second-order valence-electron chi connectivity index (χ2n) is 6.22. The fraction of sp³-hybridized carbons (Fsp3) is 0.562. The fourth-order valence-electron chi connectivity index (χ4n) is 2.12. The first-order chi connectivity index (χ1) is 9.94. The zero-order valence-corrected chi connectivity index (χ0v) is 13.8. The Morgan fingerprint density at radius 3 is 2.81 bits per heavy atom. The van der Waals surface area contributed by atoms with Gasteiger partial charge in [0.15, 0.2) is 0 Å². The van der Waals surface area contributed by atoms with Crippen molar-refractivity contribution in [3.63, 3.8) is 0 Å². The van der Waals surface area contributed by atoms with Gasteiger partial charge >= 0.3 is 6.09 Å². The van der Waals surface area contributed by atoms with Crippen molar-refractivity contribution in [2.45, 2.75) is 39.3 Å². The highest BCUT2D eigenvalue weighted by Gasteiger charge is 2.23. The van der Waals surface area contributed by atoms with Crippen LogP contribution in [0, 0.1) is 0 Å². The van der Waals surface area contributed by atoms with Crippen LogP contribution in [-0.2, 0) is 11.3 Å². The van der Waals surface area contributed by atoms with Gasteiger partial charge in [-0.25, -0.2) is 4.79 Å². The molecule has 0 saturated heterocycles. The molecule has 0 atom stereocenters. The highest BCUT2D eigenvalue weighted by molar-refractivity contribution is 7.09. The smallest absolute Gasteiger partial charge is 0.410 e. The second-order valence-corrected chi connectivity index (χ2v) is 7.25. The highest BCUT2D eigenvalue weighted by atomic mass is 32.1. The monoisotopic (exact) mass is 308 g/mol. The molecule has 0 aromatic carbocycles. The Hall–Kier alpha value is -1.33. The van der Waals surface area contributed by atoms with Gasteiger partial charge in [0.25, 0.3) is 0 Å². The molecule has 1 amide bonds. The minimum absolute atomic E-state index is 0.218. The number of hydrogen-bond donors (Lipinski definition) is 1. The largest absolute Gasteiger partial charge is 0.444 e. The van der Waals surface area contributed by atoms with Crippen LogP contribution in [0.2, 0.25) is 0 Å². The van der Waals surface area contributed by atoms with E-state index in [2.05, 4.69) is 28.9 Å². The van der Waals surface area contributed by atoms with Crippen LogP contribution < -0.4 is 5.32 Å². The third-order valence-corrected chi connectivity index (χ3v) is 4.06. The lowest BCUT2D eigenvalue weighted by atomic mass is 10.1. The summed E-state index contributed by atoms with van der Waals surface area (Å²) in [5.74, 6) is 0. The van der Waals surface area contributed by atoms with Gasteiger partial charge in [-0.3, -0.25) is 0 Å². The number of carbonyl (C=O) groups excluding carboxylic acids is 1. The summed E-state index contributed by atoms with van der Waals surface area (Å²) in [6.45, 7) is 8.86. The van der Waals surface area contributed by atoms with E-state index in [1.807, 2.05) is 20.8 Å². The van der Waals surface area contributed by atoms with Crippen LogP contribution in [0.1, 0.15) is 32.1 Å². The molecule has 1 aliphatic heterocycles. The van der Waals surface area contributed by atoms with E-state index in [0.717, 1.165) is 26.1 Å². The Bertz CT molecular complexity index is 489. The van der Waals surface area contributed by atoms with Crippen molar-refractivity contribution < 1.29 is 9.53 Å². The molecule has 0 aliphatic carbocycles. The number of carbonyl (C=O) groups is 1. The number of thiophene rings is 1. The molecule has 0 spiro atoms.